The van der Waals surface area contributed by atoms with Gasteiger partial charge in [-0.05, 0) is 55.5 Å². The standard InChI is InChI=1S/C19H21NO3S/c1-13-3-5-14(6-4-13)18(15-7-8-15)20-19(21)16-9-11-17(12-10-16)24(2,22)23/h3-6,9-12,15,18H,7-8H2,1-2H3,(H,20,21). The molecular weight excluding hydrogens is 322 g/mol. The van der Waals surface area contributed by atoms with E-state index in [4.69, 9.17) is 0 Å². The molecule has 0 aromatic heterocycles. The van der Waals surface area contributed by atoms with Crippen molar-refractivity contribution in [3.05, 3.63) is 65.2 Å². The van der Waals surface area contributed by atoms with Gasteiger partial charge in [0.25, 0.3) is 5.91 Å². The second kappa shape index (κ2) is 6.40. The number of hydrogen-bond acceptors (Lipinski definition) is 3. The molecule has 2 aromatic rings. The minimum atomic E-state index is -3.25. The van der Waals surface area contributed by atoms with Crippen LogP contribution >= 0.6 is 0 Å². The molecule has 5 heteroatoms. The average molecular weight is 343 g/mol. The zero-order chi connectivity index (χ0) is 17.3. The SMILES string of the molecule is Cc1ccc(C(NC(=O)c2ccc(S(C)(=O)=O)cc2)C2CC2)cc1. The van der Waals surface area contributed by atoms with Crippen molar-refractivity contribution in [3.8, 4) is 0 Å². The third-order valence-corrected chi connectivity index (χ3v) is 5.49. The van der Waals surface area contributed by atoms with Crippen molar-refractivity contribution in [2.24, 2.45) is 5.92 Å². The Morgan fingerprint density at radius 2 is 1.62 bits per heavy atom. The van der Waals surface area contributed by atoms with Crippen LogP contribution in [-0.4, -0.2) is 20.6 Å². The Morgan fingerprint density at radius 1 is 1.04 bits per heavy atom. The third-order valence-electron chi connectivity index (χ3n) is 4.36. The number of hydrogen-bond donors (Lipinski definition) is 1. The lowest BCUT2D eigenvalue weighted by atomic mass is 10.0. The van der Waals surface area contributed by atoms with Gasteiger partial charge in [-0.2, -0.15) is 0 Å². The fourth-order valence-electron chi connectivity index (χ4n) is 2.75. The summed E-state index contributed by atoms with van der Waals surface area (Å²) in [4.78, 5) is 12.7. The highest BCUT2D eigenvalue weighted by Gasteiger charge is 2.33. The quantitative estimate of drug-likeness (QED) is 0.906. The van der Waals surface area contributed by atoms with Gasteiger partial charge in [-0.3, -0.25) is 4.79 Å². The van der Waals surface area contributed by atoms with E-state index in [-0.39, 0.29) is 16.8 Å². The molecule has 1 N–H and O–H groups in total. The van der Waals surface area contributed by atoms with Crippen LogP contribution in [0.1, 0.15) is 40.4 Å². The van der Waals surface area contributed by atoms with Crippen molar-refractivity contribution in [2.45, 2.75) is 30.7 Å². The lowest BCUT2D eigenvalue weighted by Gasteiger charge is -2.19. The first-order valence-corrected chi connectivity index (χ1v) is 9.91. The van der Waals surface area contributed by atoms with Crippen LogP contribution < -0.4 is 5.32 Å². The summed E-state index contributed by atoms with van der Waals surface area (Å²) in [5.74, 6) is 0.305. The largest absolute Gasteiger partial charge is 0.345 e. The van der Waals surface area contributed by atoms with Crippen LogP contribution in [-0.2, 0) is 9.84 Å². The Hall–Kier alpha value is -2.14. The summed E-state index contributed by atoms with van der Waals surface area (Å²) in [5.41, 5.74) is 2.78. The Kier molecular flexibility index (Phi) is 4.45. The van der Waals surface area contributed by atoms with E-state index in [1.807, 2.05) is 6.92 Å². The highest BCUT2D eigenvalue weighted by molar-refractivity contribution is 7.90. The minimum absolute atomic E-state index is 0.00712. The zero-order valence-corrected chi connectivity index (χ0v) is 14.6. The summed E-state index contributed by atoms with van der Waals surface area (Å²) in [6.07, 6.45) is 3.39. The third kappa shape index (κ3) is 3.85. The lowest BCUT2D eigenvalue weighted by molar-refractivity contribution is 0.0931. The molecule has 24 heavy (non-hydrogen) atoms. The second-order valence-electron chi connectivity index (χ2n) is 6.50. The molecule has 4 nitrogen and oxygen atoms in total. The van der Waals surface area contributed by atoms with Crippen molar-refractivity contribution in [3.63, 3.8) is 0 Å². The van der Waals surface area contributed by atoms with Gasteiger partial charge in [-0.25, -0.2) is 8.42 Å². The van der Waals surface area contributed by atoms with E-state index in [0.717, 1.165) is 24.7 Å². The highest BCUT2D eigenvalue weighted by atomic mass is 32.2. The summed E-state index contributed by atoms with van der Waals surface area (Å²) in [6.45, 7) is 2.04. The topological polar surface area (TPSA) is 63.2 Å². The van der Waals surface area contributed by atoms with E-state index >= 15 is 0 Å². The van der Waals surface area contributed by atoms with Crippen LogP contribution in [0, 0.1) is 12.8 Å². The van der Waals surface area contributed by atoms with Gasteiger partial charge < -0.3 is 5.32 Å². The zero-order valence-electron chi connectivity index (χ0n) is 13.8. The van der Waals surface area contributed by atoms with Crippen LogP contribution in [0.15, 0.2) is 53.4 Å². The maximum Gasteiger partial charge on any atom is 0.251 e. The molecule has 1 unspecified atom stereocenters. The number of aryl methyl sites for hydroxylation is 1. The van der Waals surface area contributed by atoms with Crippen LogP contribution in [0.3, 0.4) is 0 Å². The predicted molar refractivity (Wildman–Crippen MR) is 93.7 cm³/mol. The van der Waals surface area contributed by atoms with Crippen molar-refractivity contribution in [1.29, 1.82) is 0 Å². The summed E-state index contributed by atoms with van der Waals surface area (Å²) in [6, 6.07) is 14.3. The predicted octanol–water partition coefficient (Wildman–Crippen LogP) is 3.28. The first-order chi connectivity index (χ1) is 11.3. The minimum Gasteiger partial charge on any atom is -0.345 e. The number of benzene rings is 2. The van der Waals surface area contributed by atoms with E-state index in [0.29, 0.717) is 11.5 Å². The molecule has 1 saturated carbocycles. The molecule has 1 atom stereocenters. The molecule has 0 saturated heterocycles. The molecule has 1 amide bonds. The van der Waals surface area contributed by atoms with Gasteiger partial charge in [-0.1, -0.05) is 29.8 Å². The fraction of sp³-hybridized carbons (Fsp3) is 0.316. The van der Waals surface area contributed by atoms with Crippen molar-refractivity contribution >= 4 is 15.7 Å². The Labute approximate surface area is 142 Å². The summed E-state index contributed by atoms with van der Waals surface area (Å²) < 4.78 is 23.0. The molecule has 1 aliphatic rings. The van der Waals surface area contributed by atoms with Crippen LogP contribution in [0.4, 0.5) is 0 Å². The molecule has 0 aliphatic heterocycles. The summed E-state index contributed by atoms with van der Waals surface area (Å²) in [7, 11) is -3.25. The number of carbonyl (C=O) groups excluding carboxylic acids is 1. The molecule has 0 heterocycles. The Bertz CT molecular complexity index is 835. The van der Waals surface area contributed by atoms with Crippen LogP contribution in [0.5, 0.6) is 0 Å². The average Bonchev–Trinajstić information content (AvgIpc) is 3.37. The number of carbonyl (C=O) groups is 1. The Balaban J connectivity index is 1.78. The maximum atomic E-state index is 12.5. The van der Waals surface area contributed by atoms with Crippen LogP contribution in [0.2, 0.25) is 0 Å². The maximum absolute atomic E-state index is 12.5. The van der Waals surface area contributed by atoms with Crippen molar-refractivity contribution < 1.29 is 13.2 Å². The lowest BCUT2D eigenvalue weighted by Crippen LogP contribution is -2.29. The number of amides is 1. The van der Waals surface area contributed by atoms with Gasteiger partial charge in [0.15, 0.2) is 9.84 Å². The first kappa shape index (κ1) is 16.7. The molecule has 0 radical (unpaired) electrons. The monoisotopic (exact) mass is 343 g/mol. The van der Waals surface area contributed by atoms with Gasteiger partial charge in [0, 0.05) is 11.8 Å². The number of nitrogens with one attached hydrogen (secondary N) is 1. The van der Waals surface area contributed by atoms with Gasteiger partial charge in [-0.15, -0.1) is 0 Å². The normalized spacial score (nSPS) is 15.8. The van der Waals surface area contributed by atoms with E-state index in [9.17, 15) is 13.2 Å². The molecule has 3 rings (SSSR count). The molecule has 2 aromatic carbocycles. The van der Waals surface area contributed by atoms with E-state index < -0.39 is 9.84 Å². The van der Waals surface area contributed by atoms with E-state index in [2.05, 4.69) is 29.6 Å². The van der Waals surface area contributed by atoms with Crippen molar-refractivity contribution in [2.75, 3.05) is 6.26 Å². The second-order valence-corrected chi connectivity index (χ2v) is 8.51. The molecule has 1 aliphatic carbocycles. The van der Waals surface area contributed by atoms with Gasteiger partial charge in [0.2, 0.25) is 0 Å². The fourth-order valence-corrected chi connectivity index (χ4v) is 3.39. The molecule has 0 spiro atoms. The molecular formula is C19H21NO3S. The number of rotatable bonds is 5. The molecule has 1 fully saturated rings. The van der Waals surface area contributed by atoms with Crippen molar-refractivity contribution in [1.82, 2.24) is 5.32 Å². The van der Waals surface area contributed by atoms with Gasteiger partial charge >= 0.3 is 0 Å². The smallest absolute Gasteiger partial charge is 0.251 e. The summed E-state index contributed by atoms with van der Waals surface area (Å²) >= 11 is 0. The van der Waals surface area contributed by atoms with E-state index in [1.165, 1.54) is 17.7 Å². The number of sulfone groups is 1. The Morgan fingerprint density at radius 3 is 2.12 bits per heavy atom. The highest BCUT2D eigenvalue weighted by Crippen LogP contribution is 2.41. The summed E-state index contributed by atoms with van der Waals surface area (Å²) in [5, 5.41) is 3.10. The van der Waals surface area contributed by atoms with Crippen LogP contribution in [0.25, 0.3) is 0 Å². The molecule has 126 valence electrons. The molecule has 0 bridgehead atoms. The van der Waals surface area contributed by atoms with Gasteiger partial charge in [0.1, 0.15) is 0 Å². The van der Waals surface area contributed by atoms with E-state index in [1.54, 1.807) is 12.1 Å². The van der Waals surface area contributed by atoms with Gasteiger partial charge in [0.05, 0.1) is 10.9 Å². The first-order valence-electron chi connectivity index (χ1n) is 8.02.